The van der Waals surface area contributed by atoms with Crippen molar-refractivity contribution in [3.05, 3.63) is 60.2 Å². The van der Waals surface area contributed by atoms with Gasteiger partial charge in [-0.3, -0.25) is 0 Å². The van der Waals surface area contributed by atoms with Gasteiger partial charge >= 0.3 is 0 Å². The molecule has 2 aromatic carbocycles. The van der Waals surface area contributed by atoms with Crippen LogP contribution in [0.3, 0.4) is 0 Å². The molecule has 0 bridgehead atoms. The lowest BCUT2D eigenvalue weighted by Crippen LogP contribution is -2.22. The Labute approximate surface area is 110 Å². The van der Waals surface area contributed by atoms with E-state index in [1.165, 1.54) is 11.0 Å². The molecule has 0 amide bonds. The van der Waals surface area contributed by atoms with Gasteiger partial charge in [0.2, 0.25) is 0 Å². The SMILES string of the molecule is CB(C)c1cccc(OCCc2ccccc2)c1. The maximum absolute atomic E-state index is 5.80. The number of hydrogen-bond acceptors (Lipinski definition) is 1. The molecule has 92 valence electrons. The van der Waals surface area contributed by atoms with Crippen LogP contribution >= 0.6 is 0 Å². The fourth-order valence-electron chi connectivity index (χ4n) is 1.89. The van der Waals surface area contributed by atoms with Gasteiger partial charge < -0.3 is 4.74 Å². The first-order chi connectivity index (χ1) is 8.75. The molecule has 0 atom stereocenters. The Morgan fingerprint density at radius 1 is 0.944 bits per heavy atom. The summed E-state index contributed by atoms with van der Waals surface area (Å²) in [5, 5.41) is 0. The lowest BCUT2D eigenvalue weighted by Gasteiger charge is -2.09. The maximum Gasteiger partial charge on any atom is 0.169 e. The number of hydrogen-bond donors (Lipinski definition) is 0. The smallest absolute Gasteiger partial charge is 0.169 e. The Kier molecular flexibility index (Phi) is 4.46. The fourth-order valence-corrected chi connectivity index (χ4v) is 1.89. The lowest BCUT2D eigenvalue weighted by atomic mass is 9.49. The van der Waals surface area contributed by atoms with Crippen LogP contribution in [0.1, 0.15) is 5.56 Å². The Hall–Kier alpha value is -1.70. The second-order valence-corrected chi connectivity index (χ2v) is 4.81. The maximum atomic E-state index is 5.80. The minimum atomic E-state index is 0.544. The van der Waals surface area contributed by atoms with Crippen LogP contribution in [0, 0.1) is 0 Å². The van der Waals surface area contributed by atoms with Gasteiger partial charge in [0.05, 0.1) is 6.61 Å². The van der Waals surface area contributed by atoms with E-state index < -0.39 is 0 Å². The van der Waals surface area contributed by atoms with Gasteiger partial charge in [0.1, 0.15) is 5.75 Å². The normalized spacial score (nSPS) is 10.1. The quantitative estimate of drug-likeness (QED) is 0.726. The summed E-state index contributed by atoms with van der Waals surface area (Å²) in [4.78, 5) is 0. The summed E-state index contributed by atoms with van der Waals surface area (Å²) in [6.07, 6.45) is 0.951. The van der Waals surface area contributed by atoms with Crippen LogP contribution in [0.2, 0.25) is 13.6 Å². The van der Waals surface area contributed by atoms with Crippen molar-refractivity contribution in [2.45, 2.75) is 20.1 Å². The Morgan fingerprint density at radius 3 is 2.44 bits per heavy atom. The molecule has 0 fully saturated rings. The molecule has 0 aliphatic rings. The molecule has 0 saturated heterocycles. The summed E-state index contributed by atoms with van der Waals surface area (Å²) >= 11 is 0. The van der Waals surface area contributed by atoms with Gasteiger partial charge in [-0.05, 0) is 17.7 Å². The van der Waals surface area contributed by atoms with Gasteiger partial charge in [-0.1, -0.05) is 61.6 Å². The van der Waals surface area contributed by atoms with Gasteiger partial charge in [-0.25, -0.2) is 0 Å². The van der Waals surface area contributed by atoms with Crippen molar-refractivity contribution in [3.8, 4) is 5.75 Å². The molecular weight excluding hydrogens is 219 g/mol. The van der Waals surface area contributed by atoms with E-state index in [2.05, 4.69) is 56.1 Å². The molecule has 0 unspecified atom stereocenters. The molecule has 0 aromatic heterocycles. The van der Waals surface area contributed by atoms with Crippen molar-refractivity contribution in [2.75, 3.05) is 6.61 Å². The highest BCUT2D eigenvalue weighted by molar-refractivity contribution is 6.70. The summed E-state index contributed by atoms with van der Waals surface area (Å²) in [6.45, 7) is 5.67. The van der Waals surface area contributed by atoms with E-state index in [-0.39, 0.29) is 0 Å². The van der Waals surface area contributed by atoms with E-state index in [1.54, 1.807) is 0 Å². The molecule has 2 rings (SSSR count). The van der Waals surface area contributed by atoms with Crippen molar-refractivity contribution in [2.24, 2.45) is 0 Å². The van der Waals surface area contributed by atoms with Crippen LogP contribution in [0.25, 0.3) is 0 Å². The Bertz CT molecular complexity index is 479. The summed E-state index contributed by atoms with van der Waals surface area (Å²) in [5.74, 6) is 0.970. The first-order valence-electron chi connectivity index (χ1n) is 6.52. The highest BCUT2D eigenvalue weighted by Gasteiger charge is 2.03. The zero-order chi connectivity index (χ0) is 12.8. The van der Waals surface area contributed by atoms with E-state index in [1.807, 2.05) is 12.1 Å². The minimum Gasteiger partial charge on any atom is -0.493 e. The summed E-state index contributed by atoms with van der Waals surface area (Å²) in [5.41, 5.74) is 2.64. The van der Waals surface area contributed by atoms with Crippen molar-refractivity contribution in [1.29, 1.82) is 0 Å². The van der Waals surface area contributed by atoms with Crippen LogP contribution in [-0.2, 0) is 6.42 Å². The van der Waals surface area contributed by atoms with E-state index in [9.17, 15) is 0 Å². The monoisotopic (exact) mass is 238 g/mol. The van der Waals surface area contributed by atoms with Gasteiger partial charge in [0.15, 0.2) is 6.71 Å². The molecule has 0 N–H and O–H groups in total. The zero-order valence-electron chi connectivity index (χ0n) is 11.1. The molecule has 2 aromatic rings. The van der Waals surface area contributed by atoms with E-state index in [4.69, 9.17) is 4.74 Å². The third-order valence-electron chi connectivity index (χ3n) is 3.03. The summed E-state index contributed by atoms with van der Waals surface area (Å²) in [6, 6.07) is 18.8. The molecule has 0 aliphatic heterocycles. The standard InChI is InChI=1S/C16H19BO/c1-17(2)15-9-6-10-16(13-15)18-12-11-14-7-4-3-5-8-14/h3-10,13H,11-12H2,1-2H3. The van der Waals surface area contributed by atoms with Crippen molar-refractivity contribution in [1.82, 2.24) is 0 Å². The Balaban J connectivity index is 1.89. The Morgan fingerprint density at radius 2 is 1.72 bits per heavy atom. The number of rotatable bonds is 5. The zero-order valence-corrected chi connectivity index (χ0v) is 11.1. The van der Waals surface area contributed by atoms with Crippen LogP contribution in [0.5, 0.6) is 5.75 Å². The molecule has 1 nitrogen and oxygen atoms in total. The largest absolute Gasteiger partial charge is 0.493 e. The second kappa shape index (κ2) is 6.30. The third kappa shape index (κ3) is 3.66. The van der Waals surface area contributed by atoms with Crippen LogP contribution < -0.4 is 10.2 Å². The highest BCUT2D eigenvalue weighted by Crippen LogP contribution is 2.09. The summed E-state index contributed by atoms with van der Waals surface area (Å²) in [7, 11) is 0. The molecule has 0 aliphatic carbocycles. The first-order valence-corrected chi connectivity index (χ1v) is 6.52. The van der Waals surface area contributed by atoms with Crippen LogP contribution in [0.4, 0.5) is 0 Å². The highest BCUT2D eigenvalue weighted by atomic mass is 16.5. The molecule has 0 saturated carbocycles. The van der Waals surface area contributed by atoms with E-state index in [0.717, 1.165) is 18.8 Å². The average Bonchev–Trinajstić information content (AvgIpc) is 2.40. The van der Waals surface area contributed by atoms with Crippen molar-refractivity contribution < 1.29 is 4.74 Å². The predicted molar refractivity (Wildman–Crippen MR) is 79.2 cm³/mol. The fraction of sp³-hybridized carbons (Fsp3) is 0.250. The molecule has 0 radical (unpaired) electrons. The van der Waals surface area contributed by atoms with E-state index in [0.29, 0.717) is 6.71 Å². The number of ether oxygens (including phenoxy) is 1. The van der Waals surface area contributed by atoms with Crippen LogP contribution in [-0.4, -0.2) is 13.3 Å². The van der Waals surface area contributed by atoms with Gasteiger partial charge in [-0.15, -0.1) is 0 Å². The minimum absolute atomic E-state index is 0.544. The van der Waals surface area contributed by atoms with Crippen molar-refractivity contribution >= 4 is 12.2 Å². The molecule has 18 heavy (non-hydrogen) atoms. The predicted octanol–water partition coefficient (Wildman–Crippen LogP) is 3.27. The van der Waals surface area contributed by atoms with Gasteiger partial charge in [0.25, 0.3) is 0 Å². The van der Waals surface area contributed by atoms with Gasteiger partial charge in [-0.2, -0.15) is 0 Å². The topological polar surface area (TPSA) is 9.23 Å². The molecule has 2 heteroatoms. The first kappa shape index (κ1) is 12.8. The van der Waals surface area contributed by atoms with E-state index >= 15 is 0 Å². The average molecular weight is 238 g/mol. The molecule has 0 heterocycles. The second-order valence-electron chi connectivity index (χ2n) is 4.81. The van der Waals surface area contributed by atoms with Crippen LogP contribution in [0.15, 0.2) is 54.6 Å². The number of benzene rings is 2. The lowest BCUT2D eigenvalue weighted by molar-refractivity contribution is 0.322. The summed E-state index contributed by atoms with van der Waals surface area (Å²) < 4.78 is 5.80. The van der Waals surface area contributed by atoms with Crippen molar-refractivity contribution in [3.63, 3.8) is 0 Å². The molecule has 0 spiro atoms. The van der Waals surface area contributed by atoms with Gasteiger partial charge in [0, 0.05) is 6.42 Å². The molecular formula is C16H19BO. The third-order valence-corrected chi connectivity index (χ3v) is 3.03.